The second-order valence-corrected chi connectivity index (χ2v) is 22.3. The number of hydrogen-bond donors (Lipinski definition) is 11. The first-order valence-corrected chi connectivity index (χ1v) is 31.5. The van der Waals surface area contributed by atoms with E-state index in [0.717, 1.165) is 56.9 Å². The Bertz CT molecular complexity index is 2060. The smallest absolute Gasteiger partial charge is 0.326 e. The molecule has 488 valence electrons. The molecule has 2 unspecified atom stereocenters. The molecule has 1 aromatic rings. The molecule has 3 atom stereocenters. The maximum absolute atomic E-state index is 13.0. The van der Waals surface area contributed by atoms with Gasteiger partial charge in [-0.3, -0.25) is 43.7 Å². The lowest BCUT2D eigenvalue weighted by atomic mass is 9.81. The average Bonchev–Trinajstić information content (AvgIpc) is 3.70. The number of carbonyl (C=O) groups excluding carboxylic acids is 7. The zero-order valence-electron chi connectivity index (χ0n) is 51.0. The Balaban J connectivity index is 1.37. The molecule has 24 nitrogen and oxygen atoms in total. The van der Waals surface area contributed by atoms with Gasteiger partial charge in [-0.1, -0.05) is 102 Å². The number of ketones is 1. The number of ether oxygens (including phenoxy) is 4. The molecular formula is C62H104N8O16. The van der Waals surface area contributed by atoms with Gasteiger partial charge in [0.05, 0.1) is 58.3 Å². The van der Waals surface area contributed by atoms with Crippen LogP contribution in [0.15, 0.2) is 24.3 Å². The van der Waals surface area contributed by atoms with Crippen LogP contribution in [0.4, 0.5) is 0 Å². The summed E-state index contributed by atoms with van der Waals surface area (Å²) in [6.45, 7) is 1.88. The number of carboxylic acids is 2. The number of benzene rings is 1. The van der Waals surface area contributed by atoms with Crippen molar-refractivity contribution in [3.63, 3.8) is 0 Å². The number of aliphatic carboxylic acids is 2. The zero-order chi connectivity index (χ0) is 62.8. The molecule has 0 spiro atoms. The number of Topliss-reactive ketones (excluding diaryl/α,β-unsaturated/α-hetero) is 1. The number of amides is 6. The van der Waals surface area contributed by atoms with Gasteiger partial charge in [0, 0.05) is 58.4 Å². The van der Waals surface area contributed by atoms with Crippen molar-refractivity contribution in [2.75, 3.05) is 85.6 Å². The summed E-state index contributed by atoms with van der Waals surface area (Å²) in [6.07, 6.45) is 23.8. The summed E-state index contributed by atoms with van der Waals surface area (Å²) in [4.78, 5) is 109. The molecule has 1 aromatic carbocycles. The third-order valence-corrected chi connectivity index (χ3v) is 15.0. The highest BCUT2D eigenvalue weighted by Crippen LogP contribution is 2.29. The first-order valence-electron chi connectivity index (χ1n) is 31.5. The summed E-state index contributed by atoms with van der Waals surface area (Å²) >= 11 is 0. The van der Waals surface area contributed by atoms with Crippen LogP contribution in [0.1, 0.15) is 179 Å². The zero-order valence-corrected chi connectivity index (χ0v) is 51.0. The SMILES string of the molecule is [CH]N[C@@H](CCCCNC(=O)COCCOCCNC(=O)COCCOCCNC(=O)CCC(NC(=O)C1CCC(CNC(=O)CCCCCCCCCCCCCCCCCCC(=O)O)CC1)C(=O)O)C(=O)CNC(Cc1ccc(O)cc1)C(N)=O. The molecule has 0 saturated heterocycles. The van der Waals surface area contributed by atoms with E-state index in [0.29, 0.717) is 51.6 Å². The molecular weight excluding hydrogens is 1110 g/mol. The van der Waals surface area contributed by atoms with Crippen molar-refractivity contribution in [1.29, 1.82) is 0 Å². The third kappa shape index (κ3) is 41.3. The number of hydrogen-bond acceptors (Lipinski definition) is 16. The van der Waals surface area contributed by atoms with Crippen molar-refractivity contribution < 1.29 is 77.4 Å². The lowest BCUT2D eigenvalue weighted by Crippen LogP contribution is -2.48. The number of primary amides is 1. The molecule has 12 N–H and O–H groups in total. The van der Waals surface area contributed by atoms with Crippen LogP contribution >= 0.6 is 0 Å². The minimum atomic E-state index is -1.21. The van der Waals surface area contributed by atoms with Crippen LogP contribution < -0.4 is 43.0 Å². The van der Waals surface area contributed by atoms with Crippen molar-refractivity contribution >= 4 is 53.2 Å². The minimum absolute atomic E-state index is 0.0606. The molecule has 2 radical (unpaired) electrons. The summed E-state index contributed by atoms with van der Waals surface area (Å²) in [5, 5.41) is 47.0. The van der Waals surface area contributed by atoms with E-state index in [4.69, 9.17) is 36.8 Å². The van der Waals surface area contributed by atoms with Crippen molar-refractivity contribution in [3.05, 3.63) is 36.9 Å². The molecule has 1 aliphatic carbocycles. The quantitative estimate of drug-likeness (QED) is 0.0315. The fourth-order valence-corrected chi connectivity index (χ4v) is 9.85. The first-order chi connectivity index (χ1) is 41.6. The predicted molar refractivity (Wildman–Crippen MR) is 323 cm³/mol. The lowest BCUT2D eigenvalue weighted by molar-refractivity contribution is -0.143. The molecule has 1 fully saturated rings. The van der Waals surface area contributed by atoms with Crippen molar-refractivity contribution in [2.45, 2.75) is 198 Å². The number of rotatable bonds is 56. The third-order valence-electron chi connectivity index (χ3n) is 15.0. The lowest BCUT2D eigenvalue weighted by Gasteiger charge is -2.28. The van der Waals surface area contributed by atoms with Crippen LogP contribution in [0.25, 0.3) is 0 Å². The van der Waals surface area contributed by atoms with E-state index in [1.807, 2.05) is 0 Å². The minimum Gasteiger partial charge on any atom is -0.508 e. The summed E-state index contributed by atoms with van der Waals surface area (Å²) in [5.41, 5.74) is 6.27. The normalized spacial score (nSPS) is 15.0. The number of nitrogens with one attached hydrogen (secondary N) is 7. The van der Waals surface area contributed by atoms with E-state index in [1.165, 1.54) is 76.3 Å². The standard InChI is InChI=1S/C62H104N8O16/c1-64-51(54(72)44-68-53(60(63)79)42-47-25-29-50(71)30-26-47)20-18-19-33-65-57(75)45-85-40-39-84-37-35-67-58(76)46-86-41-38-83-36-34-66-56(74)32-31-52(62(81)82)70-61(80)49-27-23-48(24-28-49)43-69-55(73)21-16-14-12-10-8-6-4-2-3-5-7-9-11-13-15-17-22-59(77)78/h1,25-26,29-30,48-49,51-53,64,68,71H,2-24,27-28,31-46H2,(H2,63,79)(H,65,75)(H,66,74)(H,67,76)(H,69,73)(H,70,80)(H,77,78)(H,81,82)/t48?,49?,51-,52?,53?/m0/s1. The second kappa shape index (κ2) is 50.2. The first kappa shape index (κ1) is 76.3. The molecule has 0 aromatic heterocycles. The van der Waals surface area contributed by atoms with Crippen LogP contribution in [0, 0.1) is 18.9 Å². The van der Waals surface area contributed by atoms with Crippen LogP contribution in [-0.2, 0) is 68.5 Å². The van der Waals surface area contributed by atoms with Gasteiger partial charge in [-0.2, -0.15) is 0 Å². The Morgan fingerprint density at radius 3 is 1.52 bits per heavy atom. The second-order valence-electron chi connectivity index (χ2n) is 22.3. The van der Waals surface area contributed by atoms with Gasteiger partial charge in [-0.25, -0.2) is 4.79 Å². The Hall–Kier alpha value is -5.79. The van der Waals surface area contributed by atoms with Crippen LogP contribution in [0.3, 0.4) is 0 Å². The van der Waals surface area contributed by atoms with E-state index in [1.54, 1.807) is 12.1 Å². The topological polar surface area (TPSA) is 361 Å². The van der Waals surface area contributed by atoms with Crippen LogP contribution in [0.5, 0.6) is 5.75 Å². The van der Waals surface area contributed by atoms with Gasteiger partial charge in [-0.05, 0) is 94.2 Å². The predicted octanol–water partition coefficient (Wildman–Crippen LogP) is 4.54. The highest BCUT2D eigenvalue weighted by Gasteiger charge is 2.30. The van der Waals surface area contributed by atoms with Gasteiger partial charge in [-0.15, -0.1) is 0 Å². The number of phenolic OH excluding ortho intramolecular Hbond substituents is 1. The fourth-order valence-electron chi connectivity index (χ4n) is 9.85. The summed E-state index contributed by atoms with van der Waals surface area (Å²) in [6, 6.07) is 3.67. The van der Waals surface area contributed by atoms with Gasteiger partial charge >= 0.3 is 11.9 Å². The van der Waals surface area contributed by atoms with E-state index in [-0.39, 0.29) is 151 Å². The summed E-state index contributed by atoms with van der Waals surface area (Å²) in [5.74, 6) is -4.06. The molecule has 1 aliphatic rings. The highest BCUT2D eigenvalue weighted by atomic mass is 16.5. The largest absolute Gasteiger partial charge is 0.508 e. The average molecular weight is 1220 g/mol. The van der Waals surface area contributed by atoms with Crippen LogP contribution in [0.2, 0.25) is 0 Å². The molecule has 86 heavy (non-hydrogen) atoms. The number of carboxylic acid groups (broad SMARTS) is 2. The van der Waals surface area contributed by atoms with Crippen molar-refractivity contribution in [1.82, 2.24) is 37.2 Å². The number of nitrogens with two attached hydrogens (primary N) is 1. The Labute approximate surface area is 509 Å². The van der Waals surface area contributed by atoms with E-state index >= 15 is 0 Å². The van der Waals surface area contributed by atoms with Gasteiger partial charge < -0.3 is 71.9 Å². The molecule has 6 amide bonds. The van der Waals surface area contributed by atoms with Gasteiger partial charge in [0.15, 0.2) is 5.78 Å². The Kier molecular flexibility index (Phi) is 44.6. The fraction of sp³-hybridized carbons (Fsp3) is 0.742. The molecule has 2 rings (SSSR count). The van der Waals surface area contributed by atoms with Crippen LogP contribution in [-0.4, -0.2) is 172 Å². The molecule has 0 aliphatic heterocycles. The maximum atomic E-state index is 13.0. The number of phenols is 1. The number of aromatic hydroxyl groups is 1. The van der Waals surface area contributed by atoms with Crippen molar-refractivity contribution in [3.8, 4) is 5.75 Å². The molecule has 0 heterocycles. The summed E-state index contributed by atoms with van der Waals surface area (Å²) in [7, 11) is 5.60. The van der Waals surface area contributed by atoms with Gasteiger partial charge in [0.25, 0.3) is 0 Å². The molecule has 0 bridgehead atoms. The molecule has 1 saturated carbocycles. The molecule has 24 heteroatoms. The number of unbranched alkanes of at least 4 members (excludes halogenated alkanes) is 16. The number of carbonyl (C=O) groups is 9. The highest BCUT2D eigenvalue weighted by molar-refractivity contribution is 5.87. The van der Waals surface area contributed by atoms with E-state index < -0.39 is 36.0 Å². The van der Waals surface area contributed by atoms with Gasteiger partial charge in [0.1, 0.15) is 25.0 Å². The van der Waals surface area contributed by atoms with E-state index in [9.17, 15) is 53.4 Å². The van der Waals surface area contributed by atoms with Crippen molar-refractivity contribution in [2.24, 2.45) is 17.6 Å². The Morgan fingerprint density at radius 1 is 0.523 bits per heavy atom. The maximum Gasteiger partial charge on any atom is 0.326 e. The van der Waals surface area contributed by atoms with Gasteiger partial charge in [0.2, 0.25) is 35.4 Å². The monoisotopic (exact) mass is 1220 g/mol. The Morgan fingerprint density at radius 2 is 1.01 bits per heavy atom. The van der Waals surface area contributed by atoms with E-state index in [2.05, 4.69) is 37.2 Å². The summed E-state index contributed by atoms with van der Waals surface area (Å²) < 4.78 is 21.5.